The van der Waals surface area contributed by atoms with E-state index in [1.54, 1.807) is 30.5 Å². The summed E-state index contributed by atoms with van der Waals surface area (Å²) in [4.78, 5) is 105. The van der Waals surface area contributed by atoms with E-state index in [-0.39, 0.29) is 69.9 Å². The zero-order valence-corrected chi connectivity index (χ0v) is 37.4. The number of primary amides is 1. The first-order valence-electron chi connectivity index (χ1n) is 22.8. The molecular weight excluding hydrogens is 855 g/mol. The van der Waals surface area contributed by atoms with Crippen LogP contribution in [0.5, 0.6) is 0 Å². The van der Waals surface area contributed by atoms with Crippen LogP contribution < -0.4 is 49.1 Å². The lowest BCUT2D eigenvalue weighted by atomic mass is 9.73. The van der Waals surface area contributed by atoms with Crippen molar-refractivity contribution in [2.75, 3.05) is 13.1 Å². The van der Waals surface area contributed by atoms with Gasteiger partial charge in [0.05, 0.1) is 0 Å². The molecule has 7 amide bonds. The summed E-state index contributed by atoms with van der Waals surface area (Å²) in [6.07, 6.45) is 6.57. The predicted molar refractivity (Wildman–Crippen MR) is 254 cm³/mol. The lowest BCUT2D eigenvalue weighted by Crippen LogP contribution is -2.64. The van der Waals surface area contributed by atoms with Crippen molar-refractivity contribution in [3.8, 4) is 0 Å². The van der Waals surface area contributed by atoms with Crippen molar-refractivity contribution >= 4 is 58.2 Å². The summed E-state index contributed by atoms with van der Waals surface area (Å²) < 4.78 is 0. The van der Waals surface area contributed by atoms with Gasteiger partial charge in [-0.15, -0.1) is 0 Å². The van der Waals surface area contributed by atoms with E-state index >= 15 is 0 Å². The van der Waals surface area contributed by atoms with Gasteiger partial charge in [-0.1, -0.05) is 78.9 Å². The second-order valence-electron chi connectivity index (χ2n) is 17.2. The minimum absolute atomic E-state index is 0.00704. The smallest absolute Gasteiger partial charge is 0.246 e. The molecule has 1 saturated carbocycles. The maximum Gasteiger partial charge on any atom is 0.246 e. The summed E-state index contributed by atoms with van der Waals surface area (Å²) in [6.45, 7) is 0.304. The number of fused-ring (bicyclic) bond motifs is 1. The summed E-state index contributed by atoms with van der Waals surface area (Å²) in [5, 5.41) is 17.7. The fourth-order valence-electron chi connectivity index (χ4n) is 8.71. The summed E-state index contributed by atoms with van der Waals surface area (Å²) in [6, 6.07) is 21.4. The number of hydrogen-bond donors (Lipinski definition) is 10. The van der Waals surface area contributed by atoms with Gasteiger partial charge in [-0.05, 0) is 86.5 Å². The molecule has 1 spiro atoms. The Bertz CT molecular complexity index is 2430. The minimum Gasteiger partial charge on any atom is -0.370 e. The number of nitrogens with one attached hydrogen (secondary N) is 7. The molecule has 0 bridgehead atoms. The summed E-state index contributed by atoms with van der Waals surface area (Å²) in [5.41, 5.74) is 18.8. The van der Waals surface area contributed by atoms with Crippen LogP contribution in [0.3, 0.4) is 0 Å². The molecule has 67 heavy (non-hydrogen) atoms. The molecule has 2 aliphatic rings. The molecule has 18 nitrogen and oxygen atoms in total. The number of carbonyl (C=O) groups is 7. The first-order chi connectivity index (χ1) is 32.3. The van der Waals surface area contributed by atoms with E-state index in [0.717, 1.165) is 28.6 Å². The lowest BCUT2D eigenvalue weighted by molar-refractivity contribution is -0.137. The first-order valence-corrected chi connectivity index (χ1v) is 22.8. The Morgan fingerprint density at radius 3 is 2.01 bits per heavy atom. The molecule has 2 heterocycles. The van der Waals surface area contributed by atoms with Crippen LogP contribution in [-0.2, 0) is 46.4 Å². The van der Waals surface area contributed by atoms with Crippen molar-refractivity contribution in [3.63, 3.8) is 0 Å². The Morgan fingerprint density at radius 1 is 0.672 bits per heavy atom. The van der Waals surface area contributed by atoms with Crippen molar-refractivity contribution in [2.45, 2.75) is 106 Å². The SMILES string of the molecule is NC(=O)C1CCCCNC(=O)/C=C\C(=O)NC2(CCC(c3ccccc3)CC2)C(=O)NC(Cc2ccccc2)C(=O)NC(CCCN=C(N)N)C(=O)NC(Cc2c[nH]c3ccccc23)C(=O)N1. The second kappa shape index (κ2) is 23.6. The number of nitrogens with two attached hydrogens (primary N) is 3. The van der Waals surface area contributed by atoms with Crippen molar-refractivity contribution in [1.29, 1.82) is 0 Å². The fraction of sp³-hybridized carbons (Fsp3) is 0.388. The number of aromatic amines is 1. The average molecular weight is 916 g/mol. The van der Waals surface area contributed by atoms with Gasteiger partial charge < -0.3 is 54.1 Å². The van der Waals surface area contributed by atoms with Gasteiger partial charge in [-0.3, -0.25) is 38.6 Å². The average Bonchev–Trinajstić information content (AvgIpc) is 3.73. The zero-order valence-electron chi connectivity index (χ0n) is 37.4. The molecule has 1 aromatic heterocycles. The molecule has 0 radical (unpaired) electrons. The number of para-hydroxylation sites is 1. The Morgan fingerprint density at radius 2 is 1.30 bits per heavy atom. The van der Waals surface area contributed by atoms with Crippen molar-refractivity contribution in [3.05, 3.63) is 120 Å². The quantitative estimate of drug-likeness (QED) is 0.0626. The summed E-state index contributed by atoms with van der Waals surface area (Å²) in [7, 11) is 0. The Kier molecular flexibility index (Phi) is 17.3. The van der Waals surface area contributed by atoms with E-state index in [0.29, 0.717) is 36.8 Å². The third-order valence-corrected chi connectivity index (χ3v) is 12.4. The molecule has 1 aliphatic heterocycles. The van der Waals surface area contributed by atoms with Crippen LogP contribution in [-0.4, -0.2) is 95.1 Å². The van der Waals surface area contributed by atoms with Gasteiger partial charge >= 0.3 is 0 Å². The monoisotopic (exact) mass is 915 g/mol. The van der Waals surface area contributed by atoms with E-state index in [1.807, 2.05) is 60.7 Å². The van der Waals surface area contributed by atoms with Gasteiger partial charge in [0.25, 0.3) is 0 Å². The molecule has 18 heteroatoms. The molecular formula is C49H61N11O7. The summed E-state index contributed by atoms with van der Waals surface area (Å²) >= 11 is 0. The summed E-state index contributed by atoms with van der Waals surface area (Å²) in [5.74, 6) is -4.80. The Hall–Kier alpha value is -7.50. The normalized spacial score (nSPS) is 24.5. The highest BCUT2D eigenvalue weighted by Crippen LogP contribution is 2.38. The fourth-order valence-corrected chi connectivity index (χ4v) is 8.71. The highest BCUT2D eigenvalue weighted by Gasteiger charge is 2.44. The van der Waals surface area contributed by atoms with Gasteiger partial charge in [-0.25, -0.2) is 0 Å². The van der Waals surface area contributed by atoms with Crippen LogP contribution in [0.25, 0.3) is 10.9 Å². The number of rotatable bonds is 10. The molecule has 4 aromatic rings. The first kappa shape index (κ1) is 48.9. The van der Waals surface area contributed by atoms with E-state index in [2.05, 4.69) is 41.9 Å². The molecule has 0 saturated heterocycles. The number of hydrogen-bond acceptors (Lipinski definition) is 8. The highest BCUT2D eigenvalue weighted by molar-refractivity contribution is 6.01. The largest absolute Gasteiger partial charge is 0.370 e. The molecule has 13 N–H and O–H groups in total. The number of aliphatic imine (C=N–C) groups is 1. The molecule has 4 unspecified atom stereocenters. The predicted octanol–water partition coefficient (Wildman–Crippen LogP) is 1.50. The van der Waals surface area contributed by atoms with Crippen LogP contribution in [0.15, 0.2) is 108 Å². The number of H-pyrrole nitrogens is 1. The van der Waals surface area contributed by atoms with E-state index in [4.69, 9.17) is 17.2 Å². The molecule has 1 aliphatic carbocycles. The van der Waals surface area contributed by atoms with Gasteiger partial charge in [0.2, 0.25) is 41.4 Å². The molecule has 3 aromatic carbocycles. The van der Waals surface area contributed by atoms with Crippen LogP contribution in [0.4, 0.5) is 0 Å². The van der Waals surface area contributed by atoms with Crippen LogP contribution in [0, 0.1) is 0 Å². The van der Waals surface area contributed by atoms with E-state index in [1.165, 1.54) is 0 Å². The van der Waals surface area contributed by atoms with E-state index in [9.17, 15) is 33.6 Å². The standard InChI is InChI=1S/C49H61N11O7/c50-43(63)37-18-9-10-26-53-41(61)20-21-42(62)60-49(24-22-33(23-25-49)32-14-5-2-6-15-32)47(67)59-39(28-31-12-3-1-4-13-31)45(65)57-38(19-11-27-54-48(51)52)44(64)58-40(46(66)56-37)29-34-30-55-36-17-8-7-16-35(34)36/h1-8,12-17,20-21,30,33,37-40,55H,9-11,18-19,22-29H2,(H2,50,63)(H,53,61)(H,56,66)(H,57,65)(H,58,64)(H,59,67)(H,60,62)(H4,51,52,54)/b21-20-. The molecule has 354 valence electrons. The van der Waals surface area contributed by atoms with Gasteiger partial charge in [0.1, 0.15) is 29.7 Å². The minimum atomic E-state index is -1.47. The third-order valence-electron chi connectivity index (χ3n) is 12.4. The third kappa shape index (κ3) is 14.0. The number of amides is 7. The van der Waals surface area contributed by atoms with Crippen molar-refractivity contribution < 1.29 is 33.6 Å². The van der Waals surface area contributed by atoms with Crippen molar-refractivity contribution in [1.82, 2.24) is 36.9 Å². The molecule has 4 atom stereocenters. The van der Waals surface area contributed by atoms with Crippen LogP contribution in [0.2, 0.25) is 0 Å². The number of guanidine groups is 1. The maximum atomic E-state index is 14.8. The zero-order chi connectivity index (χ0) is 47.8. The molecule has 1 fully saturated rings. The number of benzene rings is 3. The number of nitrogens with zero attached hydrogens (tertiary/aromatic N) is 1. The van der Waals surface area contributed by atoms with Gasteiger partial charge in [0.15, 0.2) is 5.96 Å². The van der Waals surface area contributed by atoms with Gasteiger partial charge in [0, 0.05) is 55.2 Å². The highest BCUT2D eigenvalue weighted by atomic mass is 16.2. The van der Waals surface area contributed by atoms with Crippen molar-refractivity contribution in [2.24, 2.45) is 22.2 Å². The Labute approximate surface area is 389 Å². The Balaban J connectivity index is 1.35. The number of aromatic nitrogens is 1. The number of carbonyl (C=O) groups excluding carboxylic acids is 7. The second-order valence-corrected chi connectivity index (χ2v) is 17.2. The topological polar surface area (TPSA) is 298 Å². The van der Waals surface area contributed by atoms with Crippen LogP contribution >= 0.6 is 0 Å². The van der Waals surface area contributed by atoms with Crippen LogP contribution in [0.1, 0.15) is 80.4 Å². The maximum absolute atomic E-state index is 14.8. The van der Waals surface area contributed by atoms with Gasteiger partial charge in [-0.2, -0.15) is 0 Å². The molecule has 6 rings (SSSR count). The van der Waals surface area contributed by atoms with E-state index < -0.39 is 71.1 Å². The lowest BCUT2D eigenvalue weighted by Gasteiger charge is -2.40.